The summed E-state index contributed by atoms with van der Waals surface area (Å²) in [6.07, 6.45) is 2.01. The molecule has 1 heterocycles. The fourth-order valence-electron chi connectivity index (χ4n) is 3.58. The van der Waals surface area contributed by atoms with Crippen LogP contribution in [-0.2, 0) is 6.42 Å². The number of aliphatic hydroxyl groups is 1. The fraction of sp³-hybridized carbons (Fsp3) is 0.263. The van der Waals surface area contributed by atoms with Crippen molar-refractivity contribution in [2.24, 2.45) is 5.73 Å². The van der Waals surface area contributed by atoms with E-state index in [1.807, 2.05) is 6.07 Å². The lowest BCUT2D eigenvalue weighted by atomic mass is 10.0. The first-order chi connectivity index (χ1) is 12.1. The van der Waals surface area contributed by atoms with E-state index in [0.717, 1.165) is 25.5 Å². The zero-order valence-electron chi connectivity index (χ0n) is 13.7. The molecule has 1 fully saturated rings. The normalized spacial score (nSPS) is 22.6. The molecular formula is C19H18FN3O2. The third-order valence-corrected chi connectivity index (χ3v) is 4.90. The molecule has 2 atom stereocenters. The van der Waals surface area contributed by atoms with E-state index in [9.17, 15) is 4.39 Å². The van der Waals surface area contributed by atoms with Crippen LogP contribution in [0.15, 0.2) is 46.9 Å². The van der Waals surface area contributed by atoms with E-state index in [1.165, 1.54) is 23.3 Å². The predicted octanol–water partition coefficient (Wildman–Crippen LogP) is 2.89. The molecule has 0 spiro atoms. The minimum atomic E-state index is -0.326. The molecule has 6 heteroatoms. The van der Waals surface area contributed by atoms with Gasteiger partial charge < -0.3 is 15.3 Å². The SMILES string of the molecule is CO.NC12Cc3ccc(-c4nnc(-c5cccc(F)c5)o4)cc3C1C2. The zero-order valence-corrected chi connectivity index (χ0v) is 13.7. The smallest absolute Gasteiger partial charge is 0.248 e. The molecule has 0 aliphatic heterocycles. The highest BCUT2D eigenvalue weighted by molar-refractivity contribution is 5.62. The van der Waals surface area contributed by atoms with E-state index in [-0.39, 0.29) is 11.4 Å². The van der Waals surface area contributed by atoms with Crippen LogP contribution in [-0.4, -0.2) is 28.0 Å². The summed E-state index contributed by atoms with van der Waals surface area (Å²) >= 11 is 0. The van der Waals surface area contributed by atoms with Gasteiger partial charge in [0.15, 0.2) is 0 Å². The molecule has 1 aromatic heterocycles. The highest BCUT2D eigenvalue weighted by Gasteiger charge is 2.56. The van der Waals surface area contributed by atoms with Crippen LogP contribution in [0.4, 0.5) is 4.39 Å². The van der Waals surface area contributed by atoms with Crippen LogP contribution in [0.1, 0.15) is 23.5 Å². The van der Waals surface area contributed by atoms with Gasteiger partial charge in [0.05, 0.1) is 0 Å². The Morgan fingerprint density at radius 2 is 1.84 bits per heavy atom. The summed E-state index contributed by atoms with van der Waals surface area (Å²) in [5.74, 6) is 0.901. The van der Waals surface area contributed by atoms with E-state index in [1.54, 1.807) is 12.1 Å². The number of nitrogens with zero attached hydrogens (tertiary/aromatic N) is 2. The third kappa shape index (κ3) is 2.63. The minimum absolute atomic E-state index is 0.0253. The number of hydrogen-bond acceptors (Lipinski definition) is 5. The quantitative estimate of drug-likeness (QED) is 0.750. The molecule has 3 aromatic rings. The van der Waals surface area contributed by atoms with Crippen molar-refractivity contribution in [2.75, 3.05) is 7.11 Å². The second-order valence-electron chi connectivity index (χ2n) is 6.50. The number of hydrogen-bond donors (Lipinski definition) is 2. The van der Waals surface area contributed by atoms with Crippen molar-refractivity contribution >= 4 is 0 Å². The molecule has 0 bridgehead atoms. The van der Waals surface area contributed by atoms with Gasteiger partial charge in [-0.05, 0) is 54.3 Å². The molecule has 128 valence electrons. The van der Waals surface area contributed by atoms with E-state index in [0.29, 0.717) is 23.3 Å². The summed E-state index contributed by atoms with van der Waals surface area (Å²) < 4.78 is 19.0. The topological polar surface area (TPSA) is 85.2 Å². The maximum Gasteiger partial charge on any atom is 0.248 e. The lowest BCUT2D eigenvalue weighted by molar-refractivity contribution is 0.399. The number of benzene rings is 2. The van der Waals surface area contributed by atoms with E-state index >= 15 is 0 Å². The van der Waals surface area contributed by atoms with Gasteiger partial charge in [0.1, 0.15) is 5.82 Å². The Hall–Kier alpha value is -2.57. The molecule has 5 rings (SSSR count). The first kappa shape index (κ1) is 15.9. The molecule has 3 N–H and O–H groups in total. The maximum absolute atomic E-state index is 13.3. The number of halogens is 1. The molecule has 1 saturated carbocycles. The largest absolute Gasteiger partial charge is 0.416 e. The molecule has 0 radical (unpaired) electrons. The van der Waals surface area contributed by atoms with E-state index in [4.69, 9.17) is 15.3 Å². The Balaban J connectivity index is 0.000000758. The molecule has 5 nitrogen and oxygen atoms in total. The second kappa shape index (κ2) is 5.75. The van der Waals surface area contributed by atoms with Crippen molar-refractivity contribution in [3.8, 4) is 22.9 Å². The van der Waals surface area contributed by atoms with Gasteiger partial charge >= 0.3 is 0 Å². The summed E-state index contributed by atoms with van der Waals surface area (Å²) in [6, 6.07) is 12.3. The number of aromatic nitrogens is 2. The second-order valence-corrected chi connectivity index (χ2v) is 6.50. The van der Waals surface area contributed by atoms with Crippen LogP contribution in [0.5, 0.6) is 0 Å². The van der Waals surface area contributed by atoms with E-state index < -0.39 is 0 Å². The van der Waals surface area contributed by atoms with Crippen molar-refractivity contribution in [3.05, 3.63) is 59.4 Å². The molecule has 2 aliphatic carbocycles. The monoisotopic (exact) mass is 339 g/mol. The zero-order chi connectivity index (χ0) is 17.6. The molecule has 2 aromatic carbocycles. The van der Waals surface area contributed by atoms with Crippen LogP contribution >= 0.6 is 0 Å². The molecule has 25 heavy (non-hydrogen) atoms. The highest BCUT2D eigenvalue weighted by atomic mass is 19.1. The Morgan fingerprint density at radius 3 is 2.56 bits per heavy atom. The Kier molecular flexibility index (Phi) is 3.67. The number of rotatable bonds is 2. The first-order valence-electron chi connectivity index (χ1n) is 8.09. The predicted molar refractivity (Wildman–Crippen MR) is 91.3 cm³/mol. The van der Waals surface area contributed by atoms with Gasteiger partial charge in [0, 0.05) is 29.7 Å². The number of nitrogens with two attached hydrogens (primary N) is 1. The highest BCUT2D eigenvalue weighted by Crippen LogP contribution is 2.58. The maximum atomic E-state index is 13.3. The Bertz CT molecular complexity index is 940. The van der Waals surface area contributed by atoms with Gasteiger partial charge in [-0.2, -0.15) is 0 Å². The number of aliphatic hydroxyl groups excluding tert-OH is 1. The van der Waals surface area contributed by atoms with Crippen molar-refractivity contribution in [1.82, 2.24) is 10.2 Å². The standard InChI is InChI=1S/C18H14FN3O.CH4O/c19-13-3-1-2-10(6-13)16-21-22-17(23-16)11-4-5-12-8-18(20)9-15(18)14(12)7-11;1-2/h1-7,15H,8-9,20H2;2H,1H3. The van der Waals surface area contributed by atoms with Gasteiger partial charge in [-0.15, -0.1) is 10.2 Å². The molecule has 2 unspecified atom stereocenters. The molecule has 0 saturated heterocycles. The van der Waals surface area contributed by atoms with Gasteiger partial charge in [-0.3, -0.25) is 0 Å². The lowest BCUT2D eigenvalue weighted by Gasteiger charge is -2.04. The summed E-state index contributed by atoms with van der Waals surface area (Å²) in [4.78, 5) is 0. The Morgan fingerprint density at radius 1 is 1.12 bits per heavy atom. The van der Waals surface area contributed by atoms with Gasteiger partial charge in [0.2, 0.25) is 11.8 Å². The molecular weight excluding hydrogens is 321 g/mol. The average Bonchev–Trinajstić information content (AvgIpc) is 2.99. The summed E-state index contributed by atoms with van der Waals surface area (Å²) in [5.41, 5.74) is 10.4. The van der Waals surface area contributed by atoms with Crippen molar-refractivity contribution in [2.45, 2.75) is 24.3 Å². The molecule has 0 amide bonds. The van der Waals surface area contributed by atoms with Gasteiger partial charge in [-0.25, -0.2) is 4.39 Å². The average molecular weight is 339 g/mol. The van der Waals surface area contributed by atoms with Crippen molar-refractivity contribution in [3.63, 3.8) is 0 Å². The van der Waals surface area contributed by atoms with Gasteiger partial charge in [-0.1, -0.05) is 12.1 Å². The summed E-state index contributed by atoms with van der Waals surface area (Å²) in [7, 11) is 1.00. The van der Waals surface area contributed by atoms with Crippen molar-refractivity contribution in [1.29, 1.82) is 0 Å². The van der Waals surface area contributed by atoms with Crippen molar-refractivity contribution < 1.29 is 13.9 Å². The van der Waals surface area contributed by atoms with Crippen LogP contribution in [0.2, 0.25) is 0 Å². The Labute approximate surface area is 144 Å². The van der Waals surface area contributed by atoms with Crippen LogP contribution in [0, 0.1) is 5.82 Å². The lowest BCUT2D eigenvalue weighted by Crippen LogP contribution is -2.22. The van der Waals surface area contributed by atoms with Crippen LogP contribution in [0.3, 0.4) is 0 Å². The molecule has 2 aliphatic rings. The first-order valence-corrected chi connectivity index (χ1v) is 8.09. The summed E-state index contributed by atoms with van der Waals surface area (Å²) in [6.45, 7) is 0. The van der Waals surface area contributed by atoms with Crippen LogP contribution in [0.25, 0.3) is 22.9 Å². The van der Waals surface area contributed by atoms with Crippen LogP contribution < -0.4 is 5.73 Å². The summed E-state index contributed by atoms with van der Waals surface area (Å²) in [5, 5.41) is 15.1. The van der Waals surface area contributed by atoms with E-state index in [2.05, 4.69) is 22.3 Å². The minimum Gasteiger partial charge on any atom is -0.416 e. The van der Waals surface area contributed by atoms with Gasteiger partial charge in [0.25, 0.3) is 0 Å². The fourth-order valence-corrected chi connectivity index (χ4v) is 3.58. The number of fused-ring (bicyclic) bond motifs is 3. The third-order valence-electron chi connectivity index (χ3n) is 4.90.